The number of carbonyl (C=O) groups excluding carboxylic acids is 1. The Bertz CT molecular complexity index is 858. The van der Waals surface area contributed by atoms with E-state index in [0.29, 0.717) is 25.7 Å². The fourth-order valence-electron chi connectivity index (χ4n) is 5.26. The van der Waals surface area contributed by atoms with E-state index in [1.165, 1.54) is 11.1 Å². The summed E-state index contributed by atoms with van der Waals surface area (Å²) >= 11 is 0. The van der Waals surface area contributed by atoms with Crippen molar-refractivity contribution in [3.63, 3.8) is 0 Å². The quantitative estimate of drug-likeness (QED) is 0.565. The molecule has 2 bridgehead atoms. The van der Waals surface area contributed by atoms with Crippen molar-refractivity contribution >= 4 is 11.7 Å². The molecule has 2 atom stereocenters. The summed E-state index contributed by atoms with van der Waals surface area (Å²) < 4.78 is 17.1. The molecule has 3 heterocycles. The van der Waals surface area contributed by atoms with E-state index in [2.05, 4.69) is 66.6 Å². The second-order valence-electron chi connectivity index (χ2n) is 10.1. The number of methoxy groups -OCH3 is 1. The highest BCUT2D eigenvalue weighted by Crippen LogP contribution is 2.42. The van der Waals surface area contributed by atoms with Crippen molar-refractivity contribution in [2.24, 2.45) is 11.3 Å². The number of amides is 1. The van der Waals surface area contributed by atoms with Crippen LogP contribution < -0.4 is 5.32 Å². The summed E-state index contributed by atoms with van der Waals surface area (Å²) in [5, 5.41) is 3.20. The lowest BCUT2D eigenvalue weighted by Gasteiger charge is -2.47. The molecule has 3 fully saturated rings. The van der Waals surface area contributed by atoms with Crippen LogP contribution in [0, 0.1) is 11.3 Å². The first-order valence-electron chi connectivity index (χ1n) is 12.2. The zero-order valence-electron chi connectivity index (χ0n) is 20.2. The van der Waals surface area contributed by atoms with Crippen LogP contribution in [-0.2, 0) is 14.2 Å². The first kappa shape index (κ1) is 24.0. The van der Waals surface area contributed by atoms with Crippen molar-refractivity contribution in [3.05, 3.63) is 54.1 Å². The Morgan fingerprint density at radius 3 is 2.55 bits per heavy atom. The van der Waals surface area contributed by atoms with Gasteiger partial charge in [-0.05, 0) is 63.3 Å². The minimum atomic E-state index is -0.569. The Morgan fingerprint density at radius 1 is 1.18 bits per heavy atom. The van der Waals surface area contributed by atoms with Gasteiger partial charge in [0.15, 0.2) is 0 Å². The summed E-state index contributed by atoms with van der Waals surface area (Å²) in [6, 6.07) is 10.4. The second kappa shape index (κ2) is 10.4. The number of nitrogens with zero attached hydrogens (tertiary/aromatic N) is 1. The normalized spacial score (nSPS) is 28.9. The molecule has 1 aromatic rings. The molecule has 0 radical (unpaired) electrons. The molecule has 1 amide bonds. The van der Waals surface area contributed by atoms with Crippen LogP contribution in [0.3, 0.4) is 0 Å². The third kappa shape index (κ3) is 5.51. The second-order valence-corrected chi connectivity index (χ2v) is 10.1. The van der Waals surface area contributed by atoms with Gasteiger partial charge in [0.25, 0.3) is 0 Å². The fourth-order valence-corrected chi connectivity index (χ4v) is 5.26. The highest BCUT2D eigenvalue weighted by atomic mass is 16.6. The van der Waals surface area contributed by atoms with Crippen molar-refractivity contribution in [1.82, 2.24) is 10.2 Å². The lowest BCUT2D eigenvalue weighted by molar-refractivity contribution is -0.0407. The Morgan fingerprint density at radius 2 is 1.94 bits per heavy atom. The zero-order chi connectivity index (χ0) is 23.3. The molecule has 0 aromatic heterocycles. The third-order valence-corrected chi connectivity index (χ3v) is 7.68. The van der Waals surface area contributed by atoms with E-state index in [1.807, 2.05) is 6.07 Å². The maximum absolute atomic E-state index is 13.0. The minimum Gasteiger partial charge on any atom is -0.445 e. The highest BCUT2D eigenvalue weighted by Gasteiger charge is 2.46. The molecule has 6 heteroatoms. The van der Waals surface area contributed by atoms with Crippen LogP contribution in [0.5, 0.6) is 0 Å². The van der Waals surface area contributed by atoms with E-state index in [0.717, 1.165) is 38.9 Å². The monoisotopic (exact) mass is 454 g/mol. The largest absolute Gasteiger partial charge is 0.445 e. The zero-order valence-corrected chi connectivity index (χ0v) is 20.2. The van der Waals surface area contributed by atoms with Crippen molar-refractivity contribution in [2.45, 2.75) is 44.8 Å². The molecule has 5 rings (SSSR count). The van der Waals surface area contributed by atoms with Crippen molar-refractivity contribution < 1.29 is 19.0 Å². The van der Waals surface area contributed by atoms with Crippen LogP contribution in [0.1, 0.15) is 38.7 Å². The van der Waals surface area contributed by atoms with Crippen LogP contribution in [0.15, 0.2) is 48.6 Å². The SMILES string of the molecule is COCCOCC1(C(C)(C)NC(=O)OC2CN3CCC2CC3)C=CC(c2ccccc2)=CC1. The number of rotatable bonds is 9. The van der Waals surface area contributed by atoms with E-state index in [9.17, 15) is 4.79 Å². The van der Waals surface area contributed by atoms with Gasteiger partial charge in [0.05, 0.1) is 19.8 Å². The lowest BCUT2D eigenvalue weighted by atomic mass is 9.67. The Hall–Kier alpha value is -2.15. The Labute approximate surface area is 198 Å². The molecule has 4 aliphatic rings. The van der Waals surface area contributed by atoms with Crippen LogP contribution in [-0.4, -0.2) is 69.2 Å². The maximum atomic E-state index is 13.0. The van der Waals surface area contributed by atoms with Crippen LogP contribution in [0.25, 0.3) is 5.57 Å². The average molecular weight is 455 g/mol. The number of benzene rings is 1. The highest BCUT2D eigenvalue weighted by molar-refractivity contribution is 5.75. The summed E-state index contributed by atoms with van der Waals surface area (Å²) in [5.41, 5.74) is 1.41. The number of carbonyl (C=O) groups is 1. The number of piperidine rings is 3. The van der Waals surface area contributed by atoms with Gasteiger partial charge in [0.1, 0.15) is 6.10 Å². The summed E-state index contributed by atoms with van der Waals surface area (Å²) in [6.07, 6.45) is 9.26. The number of hydrogen-bond donors (Lipinski definition) is 1. The molecule has 2 unspecified atom stereocenters. The first-order valence-corrected chi connectivity index (χ1v) is 12.2. The topological polar surface area (TPSA) is 60.0 Å². The molecule has 3 saturated heterocycles. The molecular weight excluding hydrogens is 416 g/mol. The number of nitrogens with one attached hydrogen (secondary N) is 1. The number of ether oxygens (including phenoxy) is 3. The summed E-state index contributed by atoms with van der Waals surface area (Å²) in [5.74, 6) is 0.487. The molecule has 6 nitrogen and oxygen atoms in total. The Balaban J connectivity index is 1.45. The molecule has 33 heavy (non-hydrogen) atoms. The van der Waals surface area contributed by atoms with Crippen molar-refractivity contribution in [2.75, 3.05) is 46.6 Å². The Kier molecular flexibility index (Phi) is 7.57. The van der Waals surface area contributed by atoms with E-state index in [4.69, 9.17) is 14.2 Å². The van der Waals surface area contributed by atoms with Crippen LogP contribution in [0.4, 0.5) is 4.79 Å². The van der Waals surface area contributed by atoms with Gasteiger partial charge >= 0.3 is 6.09 Å². The van der Waals surface area contributed by atoms with E-state index in [-0.39, 0.29) is 12.2 Å². The van der Waals surface area contributed by atoms with Gasteiger partial charge < -0.3 is 19.5 Å². The van der Waals surface area contributed by atoms with Gasteiger partial charge in [-0.25, -0.2) is 4.79 Å². The summed E-state index contributed by atoms with van der Waals surface area (Å²) in [7, 11) is 1.67. The molecule has 1 aliphatic carbocycles. The average Bonchev–Trinajstić information content (AvgIpc) is 2.83. The molecule has 1 N–H and O–H groups in total. The smallest absolute Gasteiger partial charge is 0.407 e. The summed E-state index contributed by atoms with van der Waals surface area (Å²) in [4.78, 5) is 15.4. The van der Waals surface area contributed by atoms with Gasteiger partial charge in [-0.15, -0.1) is 0 Å². The molecule has 0 saturated carbocycles. The first-order chi connectivity index (χ1) is 15.9. The fraction of sp³-hybridized carbons (Fsp3) is 0.593. The summed E-state index contributed by atoms with van der Waals surface area (Å²) in [6.45, 7) is 8.78. The van der Waals surface area contributed by atoms with Gasteiger partial charge in [0, 0.05) is 24.6 Å². The third-order valence-electron chi connectivity index (χ3n) is 7.68. The minimum absolute atomic E-state index is 0.0105. The van der Waals surface area contributed by atoms with Crippen molar-refractivity contribution in [3.8, 4) is 0 Å². The van der Waals surface area contributed by atoms with E-state index in [1.54, 1.807) is 7.11 Å². The predicted molar refractivity (Wildman–Crippen MR) is 130 cm³/mol. The van der Waals surface area contributed by atoms with Gasteiger partial charge in [0.2, 0.25) is 0 Å². The molecule has 180 valence electrons. The lowest BCUT2D eigenvalue weighted by Crippen LogP contribution is -2.59. The standard InChI is InChI=1S/C27H38N2O4/c1-26(2,28-25(30)33-24-19-29-15-11-23(24)12-16-29)27(20-32-18-17-31-3)13-9-22(10-14-27)21-7-5-4-6-8-21/h4-10,13,23-24H,11-12,14-20H2,1-3H3,(H,28,30). The maximum Gasteiger partial charge on any atom is 0.407 e. The molecule has 0 spiro atoms. The van der Waals surface area contributed by atoms with E-state index >= 15 is 0 Å². The van der Waals surface area contributed by atoms with Crippen LogP contribution >= 0.6 is 0 Å². The predicted octanol–water partition coefficient (Wildman–Crippen LogP) is 4.28. The number of allylic oxidation sites excluding steroid dienone is 3. The van der Waals surface area contributed by atoms with E-state index < -0.39 is 11.0 Å². The molecule has 1 aromatic carbocycles. The number of hydrogen-bond acceptors (Lipinski definition) is 5. The van der Waals surface area contributed by atoms with Gasteiger partial charge in [-0.1, -0.05) is 48.6 Å². The molecular formula is C27H38N2O4. The molecule has 3 aliphatic heterocycles. The number of fused-ring (bicyclic) bond motifs is 3. The van der Waals surface area contributed by atoms with Crippen molar-refractivity contribution in [1.29, 1.82) is 0 Å². The van der Waals surface area contributed by atoms with Crippen LogP contribution in [0.2, 0.25) is 0 Å². The van der Waals surface area contributed by atoms with Gasteiger partial charge in [-0.3, -0.25) is 4.90 Å². The van der Waals surface area contributed by atoms with Gasteiger partial charge in [-0.2, -0.15) is 0 Å². The number of alkyl carbamates (subject to hydrolysis) is 1.